The second kappa shape index (κ2) is 15.8. The highest BCUT2D eigenvalue weighted by molar-refractivity contribution is 5.88. The number of rotatable bonds is 7. The topological polar surface area (TPSA) is 84.1 Å². The fourth-order valence-electron chi connectivity index (χ4n) is 3.89. The summed E-state index contributed by atoms with van der Waals surface area (Å²) in [6, 6.07) is 7.87. The Balaban J connectivity index is 0.000000243. The van der Waals surface area contributed by atoms with Gasteiger partial charge in [0.25, 0.3) is 0 Å². The molecule has 1 aromatic heterocycles. The van der Waals surface area contributed by atoms with Gasteiger partial charge < -0.3 is 14.3 Å². The van der Waals surface area contributed by atoms with Crippen LogP contribution < -0.4 is 0 Å². The Kier molecular flexibility index (Phi) is 12.8. The summed E-state index contributed by atoms with van der Waals surface area (Å²) in [6.07, 6.45) is 12.6. The van der Waals surface area contributed by atoms with E-state index < -0.39 is 0 Å². The van der Waals surface area contributed by atoms with Crippen molar-refractivity contribution in [2.45, 2.75) is 52.0 Å². The zero-order valence-electron chi connectivity index (χ0n) is 22.6. The first-order chi connectivity index (χ1) is 17.5. The number of aromatic nitrogens is 2. The summed E-state index contributed by atoms with van der Waals surface area (Å²) in [6.45, 7) is 5.68. The quantitative estimate of drug-likeness (QED) is 0.385. The van der Waals surface area contributed by atoms with Crippen LogP contribution in [0.25, 0.3) is 5.57 Å². The minimum Gasteiger partial charge on any atom is -0.399 e. The van der Waals surface area contributed by atoms with Crippen LogP contribution in [0.1, 0.15) is 73.2 Å². The van der Waals surface area contributed by atoms with Crippen molar-refractivity contribution >= 4 is 17.6 Å². The van der Waals surface area contributed by atoms with Crippen molar-refractivity contribution in [3.05, 3.63) is 65.3 Å². The number of carbonyl (C=O) groups is 1. The molecular weight excluding hydrogens is 454 g/mol. The van der Waals surface area contributed by atoms with Gasteiger partial charge in [0.15, 0.2) is 5.82 Å². The molecule has 2 heterocycles. The Labute approximate surface area is 215 Å². The van der Waals surface area contributed by atoms with Crippen molar-refractivity contribution in [3.8, 4) is 0 Å². The standard InChI is InChI=1S/C14H14O.C12H21N5O2.C2H6/c15-11-12-7-9-14(10-8-12)13-5-3-1-2-4-6-13;1-16(2)6-5-11-13-12(15-19-11)10-7-9(14-18-4)8-17(10)3;1-2/h3,5-11H,1-2,4H2;10H,5-8H2,1-4H3;1-2H3. The normalized spacial score (nSPS) is 18.6. The van der Waals surface area contributed by atoms with Crippen LogP contribution in [0, 0.1) is 0 Å². The van der Waals surface area contributed by atoms with Crippen LogP contribution in [-0.4, -0.2) is 73.3 Å². The third-order valence-electron chi connectivity index (χ3n) is 5.78. The van der Waals surface area contributed by atoms with E-state index in [2.05, 4.69) is 43.3 Å². The number of carbonyl (C=O) groups excluding carboxylic acids is 1. The van der Waals surface area contributed by atoms with Crippen molar-refractivity contribution in [2.24, 2.45) is 5.16 Å². The highest BCUT2D eigenvalue weighted by Gasteiger charge is 2.31. The number of benzene rings is 1. The predicted molar refractivity (Wildman–Crippen MR) is 145 cm³/mol. The Bertz CT molecular complexity index is 1010. The second-order valence-electron chi connectivity index (χ2n) is 8.81. The Morgan fingerprint density at radius 2 is 1.97 bits per heavy atom. The molecule has 2 aromatic rings. The third-order valence-corrected chi connectivity index (χ3v) is 5.78. The number of hydrogen-bond acceptors (Lipinski definition) is 8. The van der Waals surface area contributed by atoms with Gasteiger partial charge in [-0.25, -0.2) is 0 Å². The molecule has 0 saturated carbocycles. The molecule has 0 spiro atoms. The maximum absolute atomic E-state index is 10.5. The number of hydrogen-bond donors (Lipinski definition) is 0. The van der Waals surface area contributed by atoms with Crippen LogP contribution in [0.3, 0.4) is 0 Å². The molecule has 36 heavy (non-hydrogen) atoms. The zero-order valence-corrected chi connectivity index (χ0v) is 22.6. The van der Waals surface area contributed by atoms with E-state index in [0.717, 1.165) is 62.2 Å². The maximum Gasteiger partial charge on any atom is 0.227 e. The van der Waals surface area contributed by atoms with Crippen molar-refractivity contribution in [1.82, 2.24) is 19.9 Å². The summed E-state index contributed by atoms with van der Waals surface area (Å²) in [7, 11) is 7.64. The molecular formula is C28H41N5O3. The van der Waals surface area contributed by atoms with Crippen LogP contribution in [0.2, 0.25) is 0 Å². The molecule has 1 fully saturated rings. The Hall–Kier alpha value is -3.10. The van der Waals surface area contributed by atoms with E-state index in [1.54, 1.807) is 7.11 Å². The fraction of sp³-hybridized carbons (Fsp3) is 0.500. The molecule has 8 heteroatoms. The minimum absolute atomic E-state index is 0.130. The largest absolute Gasteiger partial charge is 0.399 e. The first-order valence-electron chi connectivity index (χ1n) is 12.7. The molecule has 2 aliphatic rings. The number of likely N-dealkylation sites (N-methyl/N-ethyl adjacent to an activating group) is 1. The molecule has 0 amide bonds. The summed E-state index contributed by atoms with van der Waals surface area (Å²) in [4.78, 5) is 24.1. The van der Waals surface area contributed by atoms with Crippen LogP contribution in [0.4, 0.5) is 0 Å². The van der Waals surface area contributed by atoms with Gasteiger partial charge in [-0.15, -0.1) is 0 Å². The molecule has 4 rings (SSSR count). The average molecular weight is 496 g/mol. The molecule has 1 saturated heterocycles. The van der Waals surface area contributed by atoms with E-state index in [9.17, 15) is 4.79 Å². The summed E-state index contributed by atoms with van der Waals surface area (Å²) >= 11 is 0. The lowest BCUT2D eigenvalue weighted by Gasteiger charge is -2.13. The first-order valence-corrected chi connectivity index (χ1v) is 12.7. The first kappa shape index (κ1) is 29.1. The minimum atomic E-state index is 0.130. The molecule has 0 radical (unpaired) electrons. The van der Waals surface area contributed by atoms with Crippen molar-refractivity contribution in [2.75, 3.05) is 41.3 Å². The van der Waals surface area contributed by atoms with Crippen LogP contribution >= 0.6 is 0 Å². The Morgan fingerprint density at radius 1 is 1.22 bits per heavy atom. The van der Waals surface area contributed by atoms with Crippen molar-refractivity contribution < 1.29 is 14.2 Å². The fourth-order valence-corrected chi connectivity index (χ4v) is 3.89. The van der Waals surface area contributed by atoms with Gasteiger partial charge in [0.2, 0.25) is 5.89 Å². The molecule has 1 atom stereocenters. The number of nitrogens with zero attached hydrogens (tertiary/aromatic N) is 5. The van der Waals surface area contributed by atoms with E-state index in [1.807, 2.05) is 59.3 Å². The van der Waals surface area contributed by atoms with Gasteiger partial charge in [0, 0.05) is 31.5 Å². The van der Waals surface area contributed by atoms with E-state index in [-0.39, 0.29) is 6.04 Å². The third kappa shape index (κ3) is 9.17. The van der Waals surface area contributed by atoms with E-state index in [0.29, 0.717) is 5.89 Å². The van der Waals surface area contributed by atoms with E-state index in [1.165, 1.54) is 17.6 Å². The van der Waals surface area contributed by atoms with Gasteiger partial charge in [0.05, 0.1) is 11.8 Å². The lowest BCUT2D eigenvalue weighted by molar-refractivity contribution is 0.112. The molecule has 1 aliphatic heterocycles. The number of allylic oxidation sites excluding steroid dienone is 4. The molecule has 0 bridgehead atoms. The highest BCUT2D eigenvalue weighted by Crippen LogP contribution is 2.27. The van der Waals surface area contributed by atoms with Crippen LogP contribution in [-0.2, 0) is 11.3 Å². The number of aldehydes is 1. The molecule has 196 valence electrons. The molecule has 1 aliphatic carbocycles. The summed E-state index contributed by atoms with van der Waals surface area (Å²) in [5.41, 5.74) is 4.20. The molecule has 1 aromatic carbocycles. The lowest BCUT2D eigenvalue weighted by atomic mass is 10.0. The number of likely N-dealkylation sites (tertiary alicyclic amines) is 1. The van der Waals surface area contributed by atoms with Crippen molar-refractivity contribution in [1.29, 1.82) is 0 Å². The molecule has 8 nitrogen and oxygen atoms in total. The lowest BCUT2D eigenvalue weighted by Crippen LogP contribution is -2.19. The second-order valence-corrected chi connectivity index (χ2v) is 8.81. The maximum atomic E-state index is 10.5. The molecule has 0 N–H and O–H groups in total. The summed E-state index contributed by atoms with van der Waals surface area (Å²) in [5.74, 6) is 1.42. The SMILES string of the molecule is CC.CON=C1CC(c2noc(CCN(C)C)n2)N(C)C1.O=Cc1ccc(C2=CCCCC=C2)cc1. The summed E-state index contributed by atoms with van der Waals surface area (Å²) in [5, 5.41) is 8.08. The Morgan fingerprint density at radius 3 is 2.64 bits per heavy atom. The van der Waals surface area contributed by atoms with Gasteiger partial charge >= 0.3 is 0 Å². The van der Waals surface area contributed by atoms with Gasteiger partial charge in [-0.05, 0) is 51.5 Å². The smallest absolute Gasteiger partial charge is 0.227 e. The van der Waals surface area contributed by atoms with Gasteiger partial charge in [0.1, 0.15) is 13.4 Å². The van der Waals surface area contributed by atoms with Gasteiger partial charge in [-0.2, -0.15) is 4.98 Å². The molecule has 1 unspecified atom stereocenters. The zero-order chi connectivity index (χ0) is 26.3. The summed E-state index contributed by atoms with van der Waals surface area (Å²) < 4.78 is 5.29. The highest BCUT2D eigenvalue weighted by atomic mass is 16.6. The monoisotopic (exact) mass is 495 g/mol. The van der Waals surface area contributed by atoms with E-state index in [4.69, 9.17) is 9.36 Å². The van der Waals surface area contributed by atoms with E-state index >= 15 is 0 Å². The predicted octanol–water partition coefficient (Wildman–Crippen LogP) is 5.20. The van der Waals surface area contributed by atoms with Gasteiger partial charge in [-0.1, -0.05) is 66.7 Å². The van der Waals surface area contributed by atoms with Crippen molar-refractivity contribution in [3.63, 3.8) is 0 Å². The number of oxime groups is 1. The van der Waals surface area contributed by atoms with Crippen LogP contribution in [0.5, 0.6) is 0 Å². The van der Waals surface area contributed by atoms with Crippen LogP contribution in [0.15, 0.2) is 52.2 Å². The average Bonchev–Trinajstić information content (AvgIpc) is 3.41. The van der Waals surface area contributed by atoms with Gasteiger partial charge in [-0.3, -0.25) is 9.69 Å².